The fourth-order valence-corrected chi connectivity index (χ4v) is 1.38. The highest BCUT2D eigenvalue weighted by atomic mass is 35.5. The zero-order valence-corrected chi connectivity index (χ0v) is 9.57. The van der Waals surface area contributed by atoms with Crippen LogP contribution in [0, 0.1) is 0 Å². The summed E-state index contributed by atoms with van der Waals surface area (Å²) in [4.78, 5) is 0. The minimum atomic E-state index is -0.428. The molecule has 1 atom stereocenters. The molecule has 0 aromatic rings. The molecule has 0 amide bonds. The molecule has 0 spiro atoms. The van der Waals surface area contributed by atoms with E-state index in [1.54, 1.807) is 0 Å². The summed E-state index contributed by atoms with van der Waals surface area (Å²) in [6.07, 6.45) is 0.756. The van der Waals surface area contributed by atoms with E-state index in [4.69, 9.17) is 20.8 Å². The van der Waals surface area contributed by atoms with Crippen LogP contribution in [0.1, 0.15) is 20.3 Å². The van der Waals surface area contributed by atoms with Crippen molar-refractivity contribution < 1.29 is 9.16 Å². The average molecular weight is 183 g/mol. The molecule has 0 rings (SSSR count). The topological polar surface area (TPSA) is 18.5 Å². The second-order valence-corrected chi connectivity index (χ2v) is 3.00. The van der Waals surface area contributed by atoms with E-state index in [1.807, 2.05) is 13.8 Å². The number of alkyl halides is 1. The molecule has 62 valence electrons. The van der Waals surface area contributed by atoms with Crippen molar-refractivity contribution in [2.75, 3.05) is 12.5 Å². The van der Waals surface area contributed by atoms with Crippen LogP contribution in [0.5, 0.6) is 0 Å². The fourth-order valence-electron chi connectivity index (χ4n) is 0.710. The van der Waals surface area contributed by atoms with Gasteiger partial charge in [-0.2, -0.15) is 0 Å². The molecular formula is C6H15ClO2Si. The van der Waals surface area contributed by atoms with Crippen LogP contribution in [-0.2, 0) is 9.16 Å². The molecule has 10 heavy (non-hydrogen) atoms. The molecule has 0 radical (unpaired) electrons. The van der Waals surface area contributed by atoms with Crippen molar-refractivity contribution in [3.8, 4) is 0 Å². The van der Waals surface area contributed by atoms with Gasteiger partial charge in [0, 0.05) is 18.9 Å². The zero-order chi connectivity index (χ0) is 8.04. The van der Waals surface area contributed by atoms with Gasteiger partial charge in [0.05, 0.1) is 0 Å². The van der Waals surface area contributed by atoms with Gasteiger partial charge in [-0.05, 0) is 13.8 Å². The molecule has 0 aromatic heterocycles. The van der Waals surface area contributed by atoms with Crippen LogP contribution in [0.15, 0.2) is 0 Å². The van der Waals surface area contributed by atoms with E-state index in [9.17, 15) is 0 Å². The number of halogens is 1. The largest absolute Gasteiger partial charge is 0.402 e. The van der Waals surface area contributed by atoms with Gasteiger partial charge in [-0.1, -0.05) is 0 Å². The molecule has 0 aliphatic rings. The molecule has 4 heteroatoms. The first kappa shape index (κ1) is 10.4. The Hall–Kier alpha value is 0.427. The van der Waals surface area contributed by atoms with Crippen molar-refractivity contribution in [2.24, 2.45) is 0 Å². The van der Waals surface area contributed by atoms with Crippen LogP contribution >= 0.6 is 11.6 Å². The predicted molar refractivity (Wildman–Crippen MR) is 46.4 cm³/mol. The number of hydrogen-bond donors (Lipinski definition) is 0. The van der Waals surface area contributed by atoms with E-state index in [1.165, 1.54) is 0 Å². The van der Waals surface area contributed by atoms with Crippen LogP contribution in [0.25, 0.3) is 0 Å². The monoisotopic (exact) mass is 182 g/mol. The zero-order valence-electron chi connectivity index (χ0n) is 6.82. The lowest BCUT2D eigenvalue weighted by atomic mass is 10.2. The molecule has 1 unspecified atom stereocenters. The summed E-state index contributed by atoms with van der Waals surface area (Å²) >= 11 is 5.56. The smallest absolute Gasteiger partial charge is 0.156 e. The SMILES string of the molecule is CCOC(C)(CCCl)O[SiH3]. The summed E-state index contributed by atoms with van der Waals surface area (Å²) in [7, 11) is 0.692. The Balaban J connectivity index is 3.69. The first-order chi connectivity index (χ1) is 4.68. The summed E-state index contributed by atoms with van der Waals surface area (Å²) in [5.74, 6) is 0.154. The summed E-state index contributed by atoms with van der Waals surface area (Å²) < 4.78 is 10.6. The Kier molecular flexibility index (Phi) is 5.35. The van der Waals surface area contributed by atoms with Gasteiger partial charge in [-0.15, -0.1) is 11.6 Å². The molecule has 0 aliphatic carbocycles. The second kappa shape index (κ2) is 5.13. The van der Waals surface area contributed by atoms with Crippen molar-refractivity contribution in [3.05, 3.63) is 0 Å². The molecule has 0 aromatic carbocycles. The van der Waals surface area contributed by atoms with Crippen molar-refractivity contribution >= 4 is 22.1 Å². The van der Waals surface area contributed by atoms with E-state index in [2.05, 4.69) is 0 Å². The van der Waals surface area contributed by atoms with Gasteiger partial charge in [-0.25, -0.2) is 0 Å². The fraction of sp³-hybridized carbons (Fsp3) is 1.00. The molecule has 0 saturated carbocycles. The minimum Gasteiger partial charge on any atom is -0.402 e. The summed E-state index contributed by atoms with van der Waals surface area (Å²) in [6, 6.07) is 0. The Labute approximate surface area is 70.4 Å². The minimum absolute atomic E-state index is 0.428. The van der Waals surface area contributed by atoms with Crippen LogP contribution in [0.2, 0.25) is 0 Å². The third-order valence-corrected chi connectivity index (χ3v) is 2.48. The van der Waals surface area contributed by atoms with Crippen molar-refractivity contribution in [1.29, 1.82) is 0 Å². The Morgan fingerprint density at radius 1 is 1.60 bits per heavy atom. The summed E-state index contributed by atoms with van der Waals surface area (Å²) in [5.41, 5.74) is 0. The van der Waals surface area contributed by atoms with Gasteiger partial charge >= 0.3 is 0 Å². The van der Waals surface area contributed by atoms with Crippen molar-refractivity contribution in [3.63, 3.8) is 0 Å². The molecule has 0 aliphatic heterocycles. The van der Waals surface area contributed by atoms with E-state index < -0.39 is 5.79 Å². The maximum Gasteiger partial charge on any atom is 0.156 e. The number of rotatable bonds is 5. The number of hydrogen-bond acceptors (Lipinski definition) is 2. The summed E-state index contributed by atoms with van der Waals surface area (Å²) in [6.45, 7) is 4.55. The van der Waals surface area contributed by atoms with Gasteiger partial charge in [0.15, 0.2) is 5.79 Å². The molecule has 0 saturated heterocycles. The lowest BCUT2D eigenvalue weighted by molar-refractivity contribution is -0.165. The van der Waals surface area contributed by atoms with Crippen LogP contribution in [0.4, 0.5) is 0 Å². The van der Waals surface area contributed by atoms with E-state index in [0.29, 0.717) is 23.0 Å². The van der Waals surface area contributed by atoms with Gasteiger partial charge < -0.3 is 9.16 Å². The van der Waals surface area contributed by atoms with Gasteiger partial charge in [0.2, 0.25) is 0 Å². The molecule has 0 N–H and O–H groups in total. The van der Waals surface area contributed by atoms with E-state index in [0.717, 1.165) is 6.42 Å². The average Bonchev–Trinajstić information content (AvgIpc) is 1.89. The first-order valence-electron chi connectivity index (χ1n) is 3.43. The highest BCUT2D eigenvalue weighted by molar-refractivity contribution is 6.17. The molecule has 2 nitrogen and oxygen atoms in total. The Bertz CT molecular complexity index is 83.8. The quantitative estimate of drug-likeness (QED) is 0.354. The lowest BCUT2D eigenvalue weighted by Gasteiger charge is -2.27. The Morgan fingerprint density at radius 2 is 2.20 bits per heavy atom. The molecule has 0 fully saturated rings. The van der Waals surface area contributed by atoms with E-state index in [-0.39, 0.29) is 0 Å². The second-order valence-electron chi connectivity index (χ2n) is 2.21. The Morgan fingerprint density at radius 3 is 2.50 bits per heavy atom. The van der Waals surface area contributed by atoms with Crippen LogP contribution < -0.4 is 0 Å². The lowest BCUT2D eigenvalue weighted by Crippen LogP contribution is -2.32. The van der Waals surface area contributed by atoms with Gasteiger partial charge in [-0.3, -0.25) is 0 Å². The normalized spacial score (nSPS) is 17.1. The predicted octanol–water partition coefficient (Wildman–Crippen LogP) is 0.665. The third-order valence-electron chi connectivity index (χ3n) is 1.43. The third kappa shape index (κ3) is 3.56. The molecule has 0 heterocycles. The summed E-state index contributed by atoms with van der Waals surface area (Å²) in [5, 5.41) is 0. The van der Waals surface area contributed by atoms with Crippen LogP contribution in [0.3, 0.4) is 0 Å². The van der Waals surface area contributed by atoms with Crippen LogP contribution in [-0.4, -0.2) is 28.8 Å². The maximum absolute atomic E-state index is 5.56. The standard InChI is InChI=1S/C6H15ClO2Si/c1-3-8-6(2,9-10)4-5-7/h3-5H2,1-2,10H3. The van der Waals surface area contributed by atoms with Gasteiger partial charge in [0.25, 0.3) is 0 Å². The number of ether oxygens (including phenoxy) is 1. The van der Waals surface area contributed by atoms with Crippen molar-refractivity contribution in [2.45, 2.75) is 26.1 Å². The highest BCUT2D eigenvalue weighted by Gasteiger charge is 2.21. The molecule has 0 bridgehead atoms. The van der Waals surface area contributed by atoms with Crippen molar-refractivity contribution in [1.82, 2.24) is 0 Å². The molecular weight excluding hydrogens is 168 g/mol. The maximum atomic E-state index is 5.56. The first-order valence-corrected chi connectivity index (χ1v) is 4.78. The van der Waals surface area contributed by atoms with Gasteiger partial charge in [0.1, 0.15) is 10.5 Å². The van der Waals surface area contributed by atoms with E-state index >= 15 is 0 Å². The highest BCUT2D eigenvalue weighted by Crippen LogP contribution is 2.15.